The predicted octanol–water partition coefficient (Wildman–Crippen LogP) is 7.53. The van der Waals surface area contributed by atoms with Crippen LogP contribution in [0, 0.1) is 0 Å². The van der Waals surface area contributed by atoms with E-state index in [0.29, 0.717) is 0 Å². The van der Waals surface area contributed by atoms with E-state index in [2.05, 4.69) is 94.7 Å². The fourth-order valence-electron chi connectivity index (χ4n) is 3.99. The molecule has 0 aromatic heterocycles. The van der Waals surface area contributed by atoms with E-state index in [1.165, 1.54) is 11.6 Å². The van der Waals surface area contributed by atoms with Crippen molar-refractivity contribution in [3.63, 3.8) is 0 Å². The van der Waals surface area contributed by atoms with Gasteiger partial charge in [0.05, 0.1) is 8.07 Å². The second-order valence-electron chi connectivity index (χ2n) is 7.30. The third-order valence-corrected chi connectivity index (χ3v) is 13.2. The quantitative estimate of drug-likeness (QED) is 0.456. The lowest BCUT2D eigenvalue weighted by Gasteiger charge is -2.43. The van der Waals surface area contributed by atoms with Crippen LogP contribution >= 0.6 is 15.9 Å². The number of benzene rings is 1. The van der Waals surface area contributed by atoms with Gasteiger partial charge in [-0.2, -0.15) is 0 Å². The van der Waals surface area contributed by atoms with Gasteiger partial charge in [0.25, 0.3) is 0 Å². The van der Waals surface area contributed by atoms with E-state index in [1.54, 1.807) is 5.57 Å². The van der Waals surface area contributed by atoms with Crippen LogP contribution in [0.1, 0.15) is 54.0 Å². The maximum Gasteiger partial charge on any atom is 0.0653 e. The molecule has 0 amide bonds. The molecule has 0 radical (unpaired) electrons. The summed E-state index contributed by atoms with van der Waals surface area (Å²) in [5.74, 6) is 0. The fourth-order valence-corrected chi connectivity index (χ4v) is 10.5. The second-order valence-corrected chi connectivity index (χ2v) is 14.3. The van der Waals surface area contributed by atoms with Crippen molar-refractivity contribution in [1.82, 2.24) is 0 Å². The van der Waals surface area contributed by atoms with E-state index >= 15 is 0 Å². The molecule has 0 unspecified atom stereocenters. The summed E-state index contributed by atoms with van der Waals surface area (Å²) in [4.78, 5) is 0. The minimum absolute atomic E-state index is 0.825. The molecule has 0 aliphatic heterocycles. The normalized spacial score (nSPS) is 13.6. The maximum atomic E-state index is 3.50. The summed E-state index contributed by atoms with van der Waals surface area (Å²) in [6.45, 7) is 17.0. The van der Waals surface area contributed by atoms with Gasteiger partial charge in [-0.25, -0.2) is 0 Å². The van der Waals surface area contributed by atoms with Gasteiger partial charge in [-0.3, -0.25) is 0 Å². The zero-order chi connectivity index (χ0) is 16.2. The zero-order valence-corrected chi connectivity index (χ0v) is 17.3. The van der Waals surface area contributed by atoms with Crippen molar-refractivity contribution in [2.24, 2.45) is 0 Å². The summed E-state index contributed by atoms with van der Waals surface area (Å²) < 4.78 is 1.15. The first-order valence-corrected chi connectivity index (χ1v) is 11.4. The van der Waals surface area contributed by atoms with Gasteiger partial charge in [-0.1, -0.05) is 97.9 Å². The van der Waals surface area contributed by atoms with Gasteiger partial charge in [-0.05, 0) is 30.7 Å². The summed E-state index contributed by atoms with van der Waals surface area (Å²) in [7, 11) is -1.33. The molecule has 0 aliphatic rings. The summed E-state index contributed by atoms with van der Waals surface area (Å²) in [6.07, 6.45) is 2.38. The predicted molar refractivity (Wildman–Crippen MR) is 104 cm³/mol. The first-order chi connectivity index (χ1) is 9.70. The highest BCUT2D eigenvalue weighted by molar-refractivity contribution is 9.10. The Hall–Kier alpha value is -0.343. The molecule has 1 rings (SSSR count). The Morgan fingerprint density at radius 2 is 1.38 bits per heavy atom. The van der Waals surface area contributed by atoms with Crippen molar-refractivity contribution in [3.05, 3.63) is 39.9 Å². The van der Waals surface area contributed by atoms with E-state index in [9.17, 15) is 0 Å². The Bertz CT molecular complexity index is 447. The molecule has 0 bridgehead atoms. The van der Waals surface area contributed by atoms with Gasteiger partial charge < -0.3 is 0 Å². The Kier molecular flexibility index (Phi) is 6.93. The molecule has 1 aromatic carbocycles. The van der Waals surface area contributed by atoms with Crippen LogP contribution < -0.4 is 0 Å². The molecular weight excluding hydrogens is 336 g/mol. The lowest BCUT2D eigenvalue weighted by Crippen LogP contribution is -2.44. The summed E-state index contributed by atoms with van der Waals surface area (Å²) in [5, 5.41) is 0. The maximum absolute atomic E-state index is 3.50. The standard InChI is InChI=1S/C19H31BrSi/c1-14(2)21(15(3)4,16(5)6)13-17(7)12-18-8-10-19(20)11-9-18/h8-12,14-16H,13H2,1-7H3/b17-12-. The third-order valence-electron chi connectivity index (χ3n) is 5.09. The van der Waals surface area contributed by atoms with Crippen LogP contribution in [-0.2, 0) is 0 Å². The van der Waals surface area contributed by atoms with Gasteiger partial charge in [0.2, 0.25) is 0 Å². The Morgan fingerprint density at radius 3 is 1.76 bits per heavy atom. The molecule has 0 fully saturated rings. The first-order valence-electron chi connectivity index (χ1n) is 8.12. The monoisotopic (exact) mass is 366 g/mol. The van der Waals surface area contributed by atoms with Gasteiger partial charge in [-0.15, -0.1) is 0 Å². The van der Waals surface area contributed by atoms with Crippen molar-refractivity contribution in [2.45, 2.75) is 71.1 Å². The minimum atomic E-state index is -1.33. The van der Waals surface area contributed by atoms with Crippen molar-refractivity contribution in [2.75, 3.05) is 0 Å². The van der Waals surface area contributed by atoms with Crippen LogP contribution in [0.4, 0.5) is 0 Å². The van der Waals surface area contributed by atoms with Crippen molar-refractivity contribution < 1.29 is 0 Å². The highest BCUT2D eigenvalue weighted by Gasteiger charge is 2.42. The van der Waals surface area contributed by atoms with Crippen molar-refractivity contribution in [3.8, 4) is 0 Å². The van der Waals surface area contributed by atoms with Crippen molar-refractivity contribution in [1.29, 1.82) is 0 Å². The summed E-state index contributed by atoms with van der Waals surface area (Å²) >= 11 is 3.50. The minimum Gasteiger partial charge on any atom is -0.0753 e. The van der Waals surface area contributed by atoms with Gasteiger partial charge in [0.1, 0.15) is 0 Å². The van der Waals surface area contributed by atoms with Crippen LogP contribution in [0.25, 0.3) is 6.08 Å². The van der Waals surface area contributed by atoms with Crippen LogP contribution in [0.2, 0.25) is 22.7 Å². The molecule has 1 aromatic rings. The molecule has 2 heteroatoms. The van der Waals surface area contributed by atoms with Gasteiger partial charge in [0, 0.05) is 4.47 Å². The number of hydrogen-bond acceptors (Lipinski definition) is 0. The van der Waals surface area contributed by atoms with Crippen molar-refractivity contribution >= 4 is 30.1 Å². The molecule has 0 spiro atoms. The fraction of sp³-hybridized carbons (Fsp3) is 0.579. The molecule has 21 heavy (non-hydrogen) atoms. The van der Waals surface area contributed by atoms with Gasteiger partial charge >= 0.3 is 0 Å². The third kappa shape index (κ3) is 4.56. The first kappa shape index (κ1) is 18.7. The number of allylic oxidation sites excluding steroid dienone is 1. The number of hydrogen-bond donors (Lipinski definition) is 0. The van der Waals surface area contributed by atoms with Crippen LogP contribution in [-0.4, -0.2) is 8.07 Å². The lowest BCUT2D eigenvalue weighted by molar-refractivity contribution is 0.806. The number of rotatable bonds is 6. The molecule has 0 saturated heterocycles. The highest BCUT2D eigenvalue weighted by Crippen LogP contribution is 2.46. The van der Waals surface area contributed by atoms with Crippen LogP contribution in [0.5, 0.6) is 0 Å². The van der Waals surface area contributed by atoms with E-state index in [1.807, 2.05) is 0 Å². The highest BCUT2D eigenvalue weighted by atomic mass is 79.9. The average molecular weight is 367 g/mol. The molecule has 0 atom stereocenters. The molecule has 0 N–H and O–H groups in total. The van der Waals surface area contributed by atoms with Crippen LogP contribution in [0.15, 0.2) is 34.3 Å². The molecule has 118 valence electrons. The SMILES string of the molecule is C/C(=C/c1ccc(Br)cc1)C[Si](C(C)C)(C(C)C)C(C)C. The Morgan fingerprint density at radius 1 is 0.952 bits per heavy atom. The van der Waals surface area contributed by atoms with E-state index in [0.717, 1.165) is 21.1 Å². The summed E-state index contributed by atoms with van der Waals surface area (Å²) in [5.41, 5.74) is 5.33. The largest absolute Gasteiger partial charge is 0.0753 e. The Labute approximate surface area is 141 Å². The molecule has 0 heterocycles. The smallest absolute Gasteiger partial charge is 0.0653 e. The van der Waals surface area contributed by atoms with E-state index in [-0.39, 0.29) is 0 Å². The average Bonchev–Trinajstić information content (AvgIpc) is 2.37. The summed E-state index contributed by atoms with van der Waals surface area (Å²) in [6, 6.07) is 9.94. The number of halogens is 1. The molecule has 0 saturated carbocycles. The molecule has 0 aliphatic carbocycles. The molecular formula is C19H31BrSi. The topological polar surface area (TPSA) is 0 Å². The van der Waals surface area contributed by atoms with Crippen LogP contribution in [0.3, 0.4) is 0 Å². The van der Waals surface area contributed by atoms with Gasteiger partial charge in [0.15, 0.2) is 0 Å². The second kappa shape index (κ2) is 7.78. The Balaban J connectivity index is 3.05. The van der Waals surface area contributed by atoms with E-state index < -0.39 is 8.07 Å². The van der Waals surface area contributed by atoms with E-state index in [4.69, 9.17) is 0 Å². The lowest BCUT2D eigenvalue weighted by atomic mass is 10.1. The molecule has 0 nitrogen and oxygen atoms in total. The zero-order valence-electron chi connectivity index (χ0n) is 14.7.